The Morgan fingerprint density at radius 2 is 2.00 bits per heavy atom. The molecule has 3 rings (SSSR count). The van der Waals surface area contributed by atoms with E-state index in [1.807, 2.05) is 18.2 Å². The summed E-state index contributed by atoms with van der Waals surface area (Å²) in [6, 6.07) is 10.3. The zero-order valence-electron chi connectivity index (χ0n) is 9.50. The van der Waals surface area contributed by atoms with E-state index in [-0.39, 0.29) is 0 Å². The molecule has 0 amide bonds. The first-order chi connectivity index (χ1) is 8.93. The molecular formula is C12H11N5S. The lowest BCUT2D eigenvalue weighted by molar-refractivity contribution is 0.986. The largest absolute Gasteiger partial charge is 0.289 e. The number of aliphatic imine (C=N–C) groups is 1. The van der Waals surface area contributed by atoms with Crippen LogP contribution in [0.4, 0.5) is 11.5 Å². The Hall–Kier alpha value is -2.08. The Balaban J connectivity index is 1.80. The summed E-state index contributed by atoms with van der Waals surface area (Å²) in [5.74, 6) is 1.58. The fourth-order valence-corrected chi connectivity index (χ4v) is 2.50. The Labute approximate surface area is 109 Å². The third-order valence-electron chi connectivity index (χ3n) is 2.46. The predicted octanol–water partition coefficient (Wildman–Crippen LogP) is 2.36. The third kappa shape index (κ3) is 2.28. The Kier molecular flexibility index (Phi) is 3.10. The maximum Gasteiger partial charge on any atom is 0.175 e. The van der Waals surface area contributed by atoms with Gasteiger partial charge in [0, 0.05) is 5.75 Å². The number of rotatable bonds is 3. The van der Waals surface area contributed by atoms with Crippen molar-refractivity contribution < 1.29 is 0 Å². The quantitative estimate of drug-likeness (QED) is 0.653. The second-order valence-electron chi connectivity index (χ2n) is 3.68. The van der Waals surface area contributed by atoms with Gasteiger partial charge in [-0.2, -0.15) is 0 Å². The summed E-state index contributed by atoms with van der Waals surface area (Å²) >= 11 is 1.66. The van der Waals surface area contributed by atoms with E-state index in [1.54, 1.807) is 24.4 Å². The molecule has 0 bridgehead atoms. The first-order valence-electron chi connectivity index (χ1n) is 5.49. The molecule has 1 aromatic heterocycles. The van der Waals surface area contributed by atoms with Gasteiger partial charge in [0.25, 0.3) is 0 Å². The van der Waals surface area contributed by atoms with E-state index in [0.29, 0.717) is 5.82 Å². The molecule has 5 nitrogen and oxygen atoms in total. The topological polar surface area (TPSA) is 62.2 Å². The molecule has 0 fully saturated rings. The van der Waals surface area contributed by atoms with E-state index in [4.69, 9.17) is 0 Å². The van der Waals surface area contributed by atoms with Gasteiger partial charge in [-0.25, -0.2) is 15.0 Å². The Morgan fingerprint density at radius 1 is 1.11 bits per heavy atom. The molecule has 0 unspecified atom stereocenters. The van der Waals surface area contributed by atoms with Gasteiger partial charge in [-0.3, -0.25) is 10.9 Å². The van der Waals surface area contributed by atoms with Gasteiger partial charge in [0.1, 0.15) is 23.4 Å². The lowest BCUT2D eigenvalue weighted by atomic mass is 10.2. The van der Waals surface area contributed by atoms with Gasteiger partial charge in [-0.15, -0.1) is 0 Å². The smallest absolute Gasteiger partial charge is 0.175 e. The van der Waals surface area contributed by atoms with Crippen LogP contribution in [0.5, 0.6) is 0 Å². The average molecular weight is 257 g/mol. The van der Waals surface area contributed by atoms with Crippen molar-refractivity contribution >= 4 is 29.6 Å². The molecule has 0 saturated carbocycles. The SMILES string of the molecule is C1=Nc2c(ncnc2SCc2ccccc2)NN1. The van der Waals surface area contributed by atoms with Gasteiger partial charge < -0.3 is 0 Å². The van der Waals surface area contributed by atoms with Crippen molar-refractivity contribution in [2.24, 2.45) is 4.99 Å². The zero-order chi connectivity index (χ0) is 12.2. The van der Waals surface area contributed by atoms with Crippen molar-refractivity contribution in [3.05, 3.63) is 42.2 Å². The van der Waals surface area contributed by atoms with Crippen molar-refractivity contribution in [2.75, 3.05) is 5.43 Å². The molecule has 0 radical (unpaired) electrons. The van der Waals surface area contributed by atoms with E-state index < -0.39 is 0 Å². The highest BCUT2D eigenvalue weighted by Gasteiger charge is 2.12. The van der Waals surface area contributed by atoms with Crippen molar-refractivity contribution in [2.45, 2.75) is 10.8 Å². The van der Waals surface area contributed by atoms with Crippen LogP contribution in [-0.2, 0) is 5.75 Å². The number of hydrogen-bond acceptors (Lipinski definition) is 6. The van der Waals surface area contributed by atoms with Crippen molar-refractivity contribution in [1.29, 1.82) is 0 Å². The molecule has 18 heavy (non-hydrogen) atoms. The van der Waals surface area contributed by atoms with Crippen molar-refractivity contribution in [1.82, 2.24) is 15.4 Å². The fraction of sp³-hybridized carbons (Fsp3) is 0.0833. The summed E-state index contributed by atoms with van der Waals surface area (Å²) in [6.07, 6.45) is 3.14. The molecule has 0 spiro atoms. The lowest BCUT2D eigenvalue weighted by Crippen LogP contribution is -2.23. The highest BCUT2D eigenvalue weighted by molar-refractivity contribution is 7.98. The van der Waals surface area contributed by atoms with Gasteiger partial charge >= 0.3 is 0 Å². The first kappa shape index (κ1) is 11.0. The van der Waals surface area contributed by atoms with Crippen LogP contribution in [0.25, 0.3) is 0 Å². The molecule has 2 heterocycles. The zero-order valence-corrected chi connectivity index (χ0v) is 10.3. The number of nitrogens with one attached hydrogen (secondary N) is 2. The minimum Gasteiger partial charge on any atom is -0.289 e. The fourth-order valence-electron chi connectivity index (χ4n) is 1.60. The molecule has 2 N–H and O–H groups in total. The number of anilines is 1. The second kappa shape index (κ2) is 5.05. The van der Waals surface area contributed by atoms with E-state index in [2.05, 4.69) is 37.9 Å². The van der Waals surface area contributed by atoms with Gasteiger partial charge in [0.15, 0.2) is 5.82 Å². The summed E-state index contributed by atoms with van der Waals surface area (Å²) < 4.78 is 0. The summed E-state index contributed by atoms with van der Waals surface area (Å²) in [6.45, 7) is 0. The van der Waals surface area contributed by atoms with Crippen LogP contribution < -0.4 is 10.9 Å². The summed E-state index contributed by atoms with van der Waals surface area (Å²) in [5.41, 5.74) is 7.79. The Bertz CT molecular complexity index is 570. The molecule has 6 heteroatoms. The monoisotopic (exact) mass is 257 g/mol. The first-order valence-corrected chi connectivity index (χ1v) is 6.48. The molecular weight excluding hydrogens is 246 g/mol. The maximum absolute atomic E-state index is 4.28. The van der Waals surface area contributed by atoms with Crippen LogP contribution in [0, 0.1) is 0 Å². The molecule has 1 aliphatic heterocycles. The highest BCUT2D eigenvalue weighted by Crippen LogP contribution is 2.34. The highest BCUT2D eigenvalue weighted by atomic mass is 32.2. The molecule has 0 atom stereocenters. The summed E-state index contributed by atoms with van der Waals surface area (Å²) in [4.78, 5) is 12.7. The number of thioether (sulfide) groups is 1. The van der Waals surface area contributed by atoms with Gasteiger partial charge in [-0.05, 0) is 5.56 Å². The molecule has 1 aromatic carbocycles. The number of aromatic nitrogens is 2. The van der Waals surface area contributed by atoms with Crippen LogP contribution in [0.1, 0.15) is 5.56 Å². The van der Waals surface area contributed by atoms with E-state index in [0.717, 1.165) is 16.5 Å². The van der Waals surface area contributed by atoms with Gasteiger partial charge in [0.2, 0.25) is 0 Å². The number of hydrazine groups is 1. The number of fused-ring (bicyclic) bond motifs is 1. The molecule has 90 valence electrons. The molecule has 0 aliphatic carbocycles. The maximum atomic E-state index is 4.28. The third-order valence-corrected chi connectivity index (χ3v) is 3.51. The molecule has 1 aliphatic rings. The van der Waals surface area contributed by atoms with Gasteiger partial charge in [-0.1, -0.05) is 42.1 Å². The lowest BCUT2D eigenvalue weighted by Gasteiger charge is -2.14. The van der Waals surface area contributed by atoms with Crippen LogP contribution in [0.2, 0.25) is 0 Å². The standard InChI is InChI=1S/C12H11N5S/c1-2-4-9(5-3-1)6-18-12-10-11(14-7-15-12)17-16-8-13-10/h1-5,7-8H,6H2,(H,13,16)(H,14,15,17). The number of nitrogens with zero attached hydrogens (tertiary/aromatic N) is 3. The number of benzene rings is 1. The van der Waals surface area contributed by atoms with E-state index in [1.165, 1.54) is 5.56 Å². The number of hydrogen-bond donors (Lipinski definition) is 2. The molecule has 0 saturated heterocycles. The van der Waals surface area contributed by atoms with Crippen LogP contribution in [0.3, 0.4) is 0 Å². The minimum atomic E-state index is 0.711. The second-order valence-corrected chi connectivity index (χ2v) is 4.64. The predicted molar refractivity (Wildman–Crippen MR) is 72.9 cm³/mol. The Morgan fingerprint density at radius 3 is 2.89 bits per heavy atom. The summed E-state index contributed by atoms with van der Waals surface area (Å²) in [5, 5.41) is 0.883. The molecule has 2 aromatic rings. The van der Waals surface area contributed by atoms with E-state index in [9.17, 15) is 0 Å². The normalized spacial score (nSPS) is 12.4. The minimum absolute atomic E-state index is 0.711. The van der Waals surface area contributed by atoms with Crippen LogP contribution >= 0.6 is 11.8 Å². The van der Waals surface area contributed by atoms with Crippen LogP contribution in [-0.4, -0.2) is 16.3 Å². The van der Waals surface area contributed by atoms with Gasteiger partial charge in [0.05, 0.1) is 0 Å². The van der Waals surface area contributed by atoms with Crippen molar-refractivity contribution in [3.63, 3.8) is 0 Å². The van der Waals surface area contributed by atoms with E-state index >= 15 is 0 Å². The van der Waals surface area contributed by atoms with Crippen LogP contribution in [0.15, 0.2) is 46.7 Å². The van der Waals surface area contributed by atoms with Crippen molar-refractivity contribution in [3.8, 4) is 0 Å². The average Bonchev–Trinajstić information content (AvgIpc) is 2.46. The summed E-state index contributed by atoms with van der Waals surface area (Å²) in [7, 11) is 0.